The predicted octanol–water partition coefficient (Wildman–Crippen LogP) is 2.22. The Kier molecular flexibility index (Phi) is 6.67. The van der Waals surface area contributed by atoms with Gasteiger partial charge in [-0.05, 0) is 54.1 Å². The van der Waals surface area contributed by atoms with Crippen molar-refractivity contribution in [2.45, 2.75) is 13.1 Å². The highest BCUT2D eigenvalue weighted by Crippen LogP contribution is 2.15. The van der Waals surface area contributed by atoms with Gasteiger partial charge in [-0.3, -0.25) is 14.4 Å². The van der Waals surface area contributed by atoms with Gasteiger partial charge in [0.15, 0.2) is 0 Å². The number of nitrogens with one attached hydrogen (secondary N) is 1. The first-order valence-corrected chi connectivity index (χ1v) is 10.3. The topological polar surface area (TPSA) is 98.9 Å². The third kappa shape index (κ3) is 5.47. The molecule has 2 aromatic carbocycles. The lowest BCUT2D eigenvalue weighted by Gasteiger charge is -2.10. The molecule has 0 unspecified atom stereocenters. The van der Waals surface area contributed by atoms with Gasteiger partial charge in [0.1, 0.15) is 17.3 Å². The summed E-state index contributed by atoms with van der Waals surface area (Å²) >= 11 is 0. The summed E-state index contributed by atoms with van der Waals surface area (Å²) in [7, 11) is 0. The quantitative estimate of drug-likeness (QED) is 0.453. The Labute approximate surface area is 192 Å². The number of nitrogens with zero attached hydrogens (tertiary/aromatic N) is 4. The normalized spacial score (nSPS) is 10.8. The molecule has 2 aromatic heterocycles. The third-order valence-corrected chi connectivity index (χ3v) is 4.94. The summed E-state index contributed by atoms with van der Waals surface area (Å²) in [4.78, 5) is 36.7. The van der Waals surface area contributed by atoms with Gasteiger partial charge < -0.3 is 5.32 Å². The lowest BCUT2D eigenvalue weighted by molar-refractivity contribution is 0.0944. The van der Waals surface area contributed by atoms with E-state index in [1.807, 2.05) is 0 Å². The van der Waals surface area contributed by atoms with E-state index in [1.165, 1.54) is 59.3 Å². The van der Waals surface area contributed by atoms with Crippen molar-refractivity contribution in [3.8, 4) is 11.3 Å². The molecule has 4 rings (SSSR count). The second kappa shape index (κ2) is 9.99. The van der Waals surface area contributed by atoms with Gasteiger partial charge >= 0.3 is 0 Å². The zero-order valence-corrected chi connectivity index (χ0v) is 17.8. The summed E-state index contributed by atoms with van der Waals surface area (Å²) in [5.74, 6) is -1.36. The van der Waals surface area contributed by atoms with Crippen LogP contribution in [0.4, 0.5) is 8.78 Å². The van der Waals surface area contributed by atoms with E-state index in [-0.39, 0.29) is 36.7 Å². The predicted molar refractivity (Wildman–Crippen MR) is 120 cm³/mol. The Morgan fingerprint density at radius 1 is 0.824 bits per heavy atom. The van der Waals surface area contributed by atoms with Crippen LogP contribution in [-0.2, 0) is 13.1 Å². The molecule has 0 fully saturated rings. The zero-order chi connectivity index (χ0) is 24.1. The Morgan fingerprint density at radius 3 is 2.32 bits per heavy atom. The van der Waals surface area contributed by atoms with Crippen LogP contribution in [0.15, 0.2) is 82.4 Å². The molecule has 0 saturated heterocycles. The first-order chi connectivity index (χ1) is 16.4. The molecule has 34 heavy (non-hydrogen) atoms. The van der Waals surface area contributed by atoms with Crippen molar-refractivity contribution >= 4 is 5.91 Å². The summed E-state index contributed by atoms with van der Waals surface area (Å²) in [6.07, 6.45) is 0. The molecule has 0 spiro atoms. The van der Waals surface area contributed by atoms with Gasteiger partial charge in [0, 0.05) is 24.2 Å². The summed E-state index contributed by atoms with van der Waals surface area (Å²) in [5.41, 5.74) is 0.854. The van der Waals surface area contributed by atoms with Crippen molar-refractivity contribution in [1.29, 1.82) is 0 Å². The zero-order valence-electron chi connectivity index (χ0n) is 17.8. The van der Waals surface area contributed by atoms with E-state index in [0.717, 1.165) is 4.68 Å². The Bertz CT molecular complexity index is 1450. The van der Waals surface area contributed by atoms with E-state index in [2.05, 4.69) is 15.5 Å². The second-order valence-electron chi connectivity index (χ2n) is 7.39. The van der Waals surface area contributed by atoms with Crippen molar-refractivity contribution in [3.05, 3.63) is 116 Å². The van der Waals surface area contributed by atoms with Gasteiger partial charge in [0.05, 0.1) is 18.8 Å². The second-order valence-corrected chi connectivity index (χ2v) is 7.39. The average Bonchev–Trinajstić information content (AvgIpc) is 2.82. The van der Waals surface area contributed by atoms with Gasteiger partial charge in [-0.25, -0.2) is 18.1 Å². The molecule has 2 heterocycles. The molecular formula is C24H19F2N5O3. The fourth-order valence-electron chi connectivity index (χ4n) is 3.24. The van der Waals surface area contributed by atoms with E-state index in [4.69, 9.17) is 0 Å². The number of benzene rings is 2. The summed E-state index contributed by atoms with van der Waals surface area (Å²) in [5, 5.41) is 11.0. The number of amides is 1. The standard InChI is InChI=1S/C24H19F2N5O3/c25-18-6-4-17(5-7-18)20-8-10-22(32)30(28-20)13-12-27-24(34)21-9-11-23(33)31(29-21)15-16-2-1-3-19(26)14-16/h1-11,14H,12-13,15H2,(H,27,34). The van der Waals surface area contributed by atoms with Crippen LogP contribution in [0.3, 0.4) is 0 Å². The molecule has 0 bridgehead atoms. The Morgan fingerprint density at radius 2 is 1.56 bits per heavy atom. The molecule has 4 aromatic rings. The number of hydrogen-bond acceptors (Lipinski definition) is 5. The third-order valence-electron chi connectivity index (χ3n) is 4.94. The minimum Gasteiger partial charge on any atom is -0.349 e. The van der Waals surface area contributed by atoms with E-state index in [9.17, 15) is 23.2 Å². The number of carbonyl (C=O) groups is 1. The highest BCUT2D eigenvalue weighted by Gasteiger charge is 2.11. The molecule has 1 amide bonds. The van der Waals surface area contributed by atoms with Crippen molar-refractivity contribution in [3.63, 3.8) is 0 Å². The first-order valence-electron chi connectivity index (χ1n) is 10.3. The highest BCUT2D eigenvalue weighted by molar-refractivity contribution is 5.91. The average molecular weight is 463 g/mol. The van der Waals surface area contributed by atoms with Crippen molar-refractivity contribution in [2.75, 3.05) is 6.54 Å². The van der Waals surface area contributed by atoms with E-state index >= 15 is 0 Å². The Balaban J connectivity index is 1.42. The fourth-order valence-corrected chi connectivity index (χ4v) is 3.24. The van der Waals surface area contributed by atoms with Crippen LogP contribution in [0.1, 0.15) is 16.1 Å². The van der Waals surface area contributed by atoms with Crippen molar-refractivity contribution in [1.82, 2.24) is 24.9 Å². The van der Waals surface area contributed by atoms with Crippen LogP contribution in [0.2, 0.25) is 0 Å². The number of aromatic nitrogens is 4. The maximum absolute atomic E-state index is 13.4. The number of carbonyl (C=O) groups excluding carboxylic acids is 1. The first kappa shape index (κ1) is 22.7. The molecule has 1 N–H and O–H groups in total. The van der Waals surface area contributed by atoms with E-state index in [1.54, 1.807) is 18.2 Å². The molecule has 0 radical (unpaired) electrons. The van der Waals surface area contributed by atoms with Gasteiger partial charge in [-0.1, -0.05) is 12.1 Å². The van der Waals surface area contributed by atoms with Crippen LogP contribution in [0.5, 0.6) is 0 Å². The maximum atomic E-state index is 13.4. The molecule has 8 nitrogen and oxygen atoms in total. The van der Waals surface area contributed by atoms with Gasteiger partial charge in [-0.15, -0.1) is 0 Å². The van der Waals surface area contributed by atoms with Crippen LogP contribution >= 0.6 is 0 Å². The monoisotopic (exact) mass is 463 g/mol. The minimum atomic E-state index is -0.546. The molecule has 0 aliphatic heterocycles. The largest absolute Gasteiger partial charge is 0.349 e. The van der Waals surface area contributed by atoms with E-state index in [0.29, 0.717) is 16.8 Å². The van der Waals surface area contributed by atoms with Gasteiger partial charge in [0.2, 0.25) is 0 Å². The molecule has 0 aliphatic rings. The van der Waals surface area contributed by atoms with Crippen molar-refractivity contribution in [2.24, 2.45) is 0 Å². The number of halogens is 2. The molecule has 0 saturated carbocycles. The summed E-state index contributed by atoms with van der Waals surface area (Å²) in [6.45, 7) is 0.166. The molecule has 172 valence electrons. The lowest BCUT2D eigenvalue weighted by atomic mass is 10.1. The van der Waals surface area contributed by atoms with E-state index < -0.39 is 17.3 Å². The Hall–Kier alpha value is -4.47. The van der Waals surface area contributed by atoms with Crippen LogP contribution < -0.4 is 16.4 Å². The van der Waals surface area contributed by atoms with Crippen LogP contribution in [0.25, 0.3) is 11.3 Å². The SMILES string of the molecule is O=C(NCCn1nc(-c2ccc(F)cc2)ccc1=O)c1ccc(=O)n(Cc2cccc(F)c2)n1. The van der Waals surface area contributed by atoms with Gasteiger partial charge in [0.25, 0.3) is 17.0 Å². The molecular weight excluding hydrogens is 444 g/mol. The fraction of sp³-hybridized carbons (Fsp3) is 0.125. The van der Waals surface area contributed by atoms with Gasteiger partial charge in [-0.2, -0.15) is 10.2 Å². The molecule has 10 heteroatoms. The number of rotatable bonds is 7. The smallest absolute Gasteiger partial charge is 0.271 e. The molecule has 0 atom stereocenters. The summed E-state index contributed by atoms with van der Waals surface area (Å²) < 4.78 is 28.8. The highest BCUT2D eigenvalue weighted by atomic mass is 19.1. The number of hydrogen-bond donors (Lipinski definition) is 1. The minimum absolute atomic E-state index is 0.00336. The lowest BCUT2D eigenvalue weighted by Crippen LogP contribution is -2.34. The molecule has 0 aliphatic carbocycles. The van der Waals surface area contributed by atoms with Crippen LogP contribution in [0, 0.1) is 11.6 Å². The maximum Gasteiger partial charge on any atom is 0.271 e. The van der Waals surface area contributed by atoms with Crippen LogP contribution in [-0.4, -0.2) is 32.0 Å². The van der Waals surface area contributed by atoms with Crippen molar-refractivity contribution < 1.29 is 13.6 Å². The summed E-state index contributed by atoms with van der Waals surface area (Å²) in [6, 6.07) is 16.8.